The summed E-state index contributed by atoms with van der Waals surface area (Å²) in [6.07, 6.45) is 0. The van der Waals surface area contributed by atoms with E-state index in [0.717, 1.165) is 10.5 Å². The molecule has 0 spiro atoms. The van der Waals surface area contributed by atoms with Gasteiger partial charge in [-0.1, -0.05) is 48.5 Å². The number of carbonyl (C=O) groups excluding carboxylic acids is 2. The van der Waals surface area contributed by atoms with Gasteiger partial charge in [0.2, 0.25) is 0 Å². The third kappa shape index (κ3) is 6.06. The van der Waals surface area contributed by atoms with Crippen LogP contribution in [0.15, 0.2) is 94.9 Å². The topological polar surface area (TPSA) is 70.6 Å². The van der Waals surface area contributed by atoms with E-state index in [4.69, 9.17) is 0 Å². The number of amides is 2. The van der Waals surface area contributed by atoms with Crippen LogP contribution in [0.2, 0.25) is 0 Å². The molecule has 2 N–H and O–H groups in total. The van der Waals surface area contributed by atoms with Crippen LogP contribution in [-0.4, -0.2) is 22.8 Å². The third-order valence-electron chi connectivity index (χ3n) is 4.36. The second-order valence-electron chi connectivity index (χ2n) is 6.64. The van der Waals surface area contributed by atoms with Gasteiger partial charge in [0.1, 0.15) is 0 Å². The zero-order valence-corrected chi connectivity index (χ0v) is 17.6. The number of hydrazone groups is 1. The lowest BCUT2D eigenvalue weighted by Gasteiger charge is -2.10. The molecule has 0 saturated heterocycles. The first kappa shape index (κ1) is 21.3. The van der Waals surface area contributed by atoms with Crippen LogP contribution in [-0.2, 0) is 4.79 Å². The molecule has 0 heterocycles. The van der Waals surface area contributed by atoms with Gasteiger partial charge in [0, 0.05) is 16.1 Å². The molecule has 0 unspecified atom stereocenters. The summed E-state index contributed by atoms with van der Waals surface area (Å²) >= 11 is 1.48. The number of benzene rings is 3. The molecule has 0 aliphatic carbocycles. The highest BCUT2D eigenvalue weighted by molar-refractivity contribution is 8.00. The normalized spacial score (nSPS) is 12.1. The smallest absolute Gasteiger partial charge is 0.255 e. The van der Waals surface area contributed by atoms with E-state index in [9.17, 15) is 9.59 Å². The lowest BCUT2D eigenvalue weighted by molar-refractivity contribution is -0.120. The van der Waals surface area contributed by atoms with Gasteiger partial charge in [0.25, 0.3) is 11.8 Å². The van der Waals surface area contributed by atoms with Crippen LogP contribution in [0, 0.1) is 0 Å². The van der Waals surface area contributed by atoms with Gasteiger partial charge in [-0.25, -0.2) is 5.43 Å². The molecule has 0 radical (unpaired) electrons. The molecule has 5 nitrogen and oxygen atoms in total. The maximum atomic E-state index is 12.3. The van der Waals surface area contributed by atoms with Gasteiger partial charge >= 0.3 is 0 Å². The maximum absolute atomic E-state index is 12.3. The third-order valence-corrected chi connectivity index (χ3v) is 5.47. The molecule has 6 heteroatoms. The summed E-state index contributed by atoms with van der Waals surface area (Å²) in [6.45, 7) is 3.68. The minimum absolute atomic E-state index is 0.157. The van der Waals surface area contributed by atoms with Crippen LogP contribution in [0.5, 0.6) is 0 Å². The minimum atomic E-state index is -0.264. The number of hydrogen-bond donors (Lipinski definition) is 2. The molecule has 0 saturated carbocycles. The number of nitrogens with zero attached hydrogens (tertiary/aromatic N) is 1. The summed E-state index contributed by atoms with van der Waals surface area (Å²) in [5.74, 6) is -0.319. The number of nitrogens with one attached hydrogen (secondary N) is 2. The molecule has 1 atom stereocenters. The van der Waals surface area contributed by atoms with Crippen LogP contribution in [0.1, 0.15) is 29.8 Å². The Kier molecular flexibility index (Phi) is 7.40. The number of anilines is 1. The predicted octanol–water partition coefficient (Wildman–Crippen LogP) is 4.96. The highest BCUT2D eigenvalue weighted by Crippen LogP contribution is 2.22. The predicted molar refractivity (Wildman–Crippen MR) is 123 cm³/mol. The molecule has 3 rings (SSSR count). The first-order valence-electron chi connectivity index (χ1n) is 9.55. The van der Waals surface area contributed by atoms with Gasteiger partial charge < -0.3 is 5.32 Å². The number of carbonyl (C=O) groups is 2. The second-order valence-corrected chi connectivity index (χ2v) is 8.06. The molecule has 3 aromatic carbocycles. The molecule has 30 heavy (non-hydrogen) atoms. The van der Waals surface area contributed by atoms with Crippen molar-refractivity contribution in [3.8, 4) is 0 Å². The Balaban J connectivity index is 1.55. The Labute approximate surface area is 180 Å². The largest absolute Gasteiger partial charge is 0.322 e. The van der Waals surface area contributed by atoms with Crippen molar-refractivity contribution in [3.05, 3.63) is 96.1 Å². The van der Waals surface area contributed by atoms with Gasteiger partial charge in [0.05, 0.1) is 11.0 Å². The quantitative estimate of drug-likeness (QED) is 0.324. The fourth-order valence-electron chi connectivity index (χ4n) is 2.64. The number of rotatable bonds is 7. The Morgan fingerprint density at radius 3 is 2.07 bits per heavy atom. The van der Waals surface area contributed by atoms with Crippen molar-refractivity contribution < 1.29 is 9.59 Å². The Morgan fingerprint density at radius 2 is 1.43 bits per heavy atom. The Morgan fingerprint density at radius 1 is 0.833 bits per heavy atom. The van der Waals surface area contributed by atoms with E-state index in [2.05, 4.69) is 15.8 Å². The van der Waals surface area contributed by atoms with Gasteiger partial charge in [-0.15, -0.1) is 11.8 Å². The average Bonchev–Trinajstić information content (AvgIpc) is 2.79. The summed E-state index contributed by atoms with van der Waals surface area (Å²) in [7, 11) is 0. The van der Waals surface area contributed by atoms with Crippen LogP contribution >= 0.6 is 11.8 Å². The standard InChI is InChI=1S/C24H23N3O2S/c1-17(26-27-23(28)18(2)30-22-11-7-4-8-12-22)19-13-15-21(16-14-19)25-24(29)20-9-5-3-6-10-20/h3-16,18H,1-2H3,(H,25,29)(H,27,28)/b26-17-/t18-/m0/s1. The molecular weight excluding hydrogens is 394 g/mol. The van der Waals surface area contributed by atoms with E-state index in [1.54, 1.807) is 12.1 Å². The molecule has 3 aromatic rings. The van der Waals surface area contributed by atoms with Crippen molar-refractivity contribution in [3.63, 3.8) is 0 Å². The van der Waals surface area contributed by atoms with Crippen LogP contribution in [0.3, 0.4) is 0 Å². The lowest BCUT2D eigenvalue weighted by Crippen LogP contribution is -2.27. The van der Waals surface area contributed by atoms with Gasteiger partial charge in [-0.3, -0.25) is 9.59 Å². The summed E-state index contributed by atoms with van der Waals surface area (Å²) in [5.41, 5.74) is 5.46. The fourth-order valence-corrected chi connectivity index (χ4v) is 3.52. The van der Waals surface area contributed by atoms with E-state index in [-0.39, 0.29) is 17.1 Å². The molecule has 0 aliphatic rings. The van der Waals surface area contributed by atoms with Crippen molar-refractivity contribution in [2.24, 2.45) is 5.10 Å². The zero-order valence-electron chi connectivity index (χ0n) is 16.8. The molecule has 0 aromatic heterocycles. The summed E-state index contributed by atoms with van der Waals surface area (Å²) in [4.78, 5) is 25.6. The first-order valence-corrected chi connectivity index (χ1v) is 10.4. The highest BCUT2D eigenvalue weighted by atomic mass is 32.2. The fraction of sp³-hybridized carbons (Fsp3) is 0.125. The Bertz CT molecular complexity index is 1020. The lowest BCUT2D eigenvalue weighted by atomic mass is 10.1. The second kappa shape index (κ2) is 10.4. The molecule has 2 amide bonds. The minimum Gasteiger partial charge on any atom is -0.322 e. The van der Waals surface area contributed by atoms with E-state index in [0.29, 0.717) is 17.0 Å². The van der Waals surface area contributed by atoms with E-state index < -0.39 is 0 Å². The van der Waals surface area contributed by atoms with Crippen molar-refractivity contribution in [1.82, 2.24) is 5.43 Å². The summed E-state index contributed by atoms with van der Waals surface area (Å²) in [5, 5.41) is 6.81. The van der Waals surface area contributed by atoms with Crippen LogP contribution in [0.4, 0.5) is 5.69 Å². The molecule has 0 fully saturated rings. The summed E-state index contributed by atoms with van der Waals surface area (Å²) < 4.78 is 0. The summed E-state index contributed by atoms with van der Waals surface area (Å²) in [6, 6.07) is 26.2. The first-order chi connectivity index (χ1) is 14.5. The van der Waals surface area contributed by atoms with E-state index >= 15 is 0 Å². The van der Waals surface area contributed by atoms with Crippen molar-refractivity contribution >= 4 is 35.0 Å². The van der Waals surface area contributed by atoms with Gasteiger partial charge in [-0.2, -0.15) is 5.10 Å². The van der Waals surface area contributed by atoms with Crippen molar-refractivity contribution in [1.29, 1.82) is 0 Å². The van der Waals surface area contributed by atoms with Gasteiger partial charge in [-0.05, 0) is 55.8 Å². The SMILES string of the molecule is C/C(=N/NC(=O)[C@H](C)Sc1ccccc1)c1ccc(NC(=O)c2ccccc2)cc1. The van der Waals surface area contributed by atoms with Crippen molar-refractivity contribution in [2.75, 3.05) is 5.32 Å². The highest BCUT2D eigenvalue weighted by Gasteiger charge is 2.14. The van der Waals surface area contributed by atoms with Crippen LogP contribution in [0.25, 0.3) is 0 Å². The molecule has 152 valence electrons. The number of hydrogen-bond acceptors (Lipinski definition) is 4. The van der Waals surface area contributed by atoms with E-state index in [1.165, 1.54) is 11.8 Å². The van der Waals surface area contributed by atoms with Gasteiger partial charge in [0.15, 0.2) is 0 Å². The molecular formula is C24H23N3O2S. The number of thioether (sulfide) groups is 1. The maximum Gasteiger partial charge on any atom is 0.255 e. The molecule has 0 bridgehead atoms. The average molecular weight is 418 g/mol. The van der Waals surface area contributed by atoms with Crippen molar-refractivity contribution in [2.45, 2.75) is 24.0 Å². The van der Waals surface area contributed by atoms with Crippen LogP contribution < -0.4 is 10.7 Å². The Hall–Kier alpha value is -3.38. The van der Waals surface area contributed by atoms with E-state index in [1.807, 2.05) is 86.6 Å². The zero-order chi connectivity index (χ0) is 21.3. The monoisotopic (exact) mass is 417 g/mol. The molecule has 0 aliphatic heterocycles.